The van der Waals surface area contributed by atoms with Crippen molar-refractivity contribution in [2.45, 2.75) is 51.7 Å². The van der Waals surface area contributed by atoms with Crippen LogP contribution in [0.4, 0.5) is 0 Å². The second-order valence-corrected chi connectivity index (χ2v) is 6.46. The Hall–Kier alpha value is -1.33. The van der Waals surface area contributed by atoms with E-state index < -0.39 is 18.3 Å². The first-order valence-corrected chi connectivity index (χ1v) is 7.22. The van der Waals surface area contributed by atoms with Crippen molar-refractivity contribution in [1.29, 1.82) is 0 Å². The van der Waals surface area contributed by atoms with E-state index in [2.05, 4.69) is 0 Å². The first kappa shape index (κ1) is 16.1. The number of rotatable bonds is 3. The maximum absolute atomic E-state index is 11.8. The van der Waals surface area contributed by atoms with Crippen LogP contribution < -0.4 is 5.46 Å². The van der Waals surface area contributed by atoms with Gasteiger partial charge in [-0.15, -0.1) is 0 Å². The van der Waals surface area contributed by atoms with Gasteiger partial charge in [-0.05, 0) is 45.6 Å². The molecule has 4 nitrogen and oxygen atoms in total. The van der Waals surface area contributed by atoms with Crippen molar-refractivity contribution in [3.05, 3.63) is 29.8 Å². The molecule has 21 heavy (non-hydrogen) atoms. The minimum atomic E-state index is -0.474. The smallest absolute Gasteiger partial charge is 0.469 e. The van der Waals surface area contributed by atoms with Crippen LogP contribution in [0.25, 0.3) is 0 Å². The molecule has 0 aromatic heterocycles. The first-order chi connectivity index (χ1) is 9.69. The quantitative estimate of drug-likeness (QED) is 0.633. The Morgan fingerprint density at radius 3 is 2.19 bits per heavy atom. The van der Waals surface area contributed by atoms with E-state index in [4.69, 9.17) is 14.0 Å². The van der Waals surface area contributed by atoms with Crippen LogP contribution in [-0.2, 0) is 18.8 Å². The zero-order valence-electron chi connectivity index (χ0n) is 13.6. The lowest BCUT2D eigenvalue weighted by molar-refractivity contribution is -0.141. The summed E-state index contributed by atoms with van der Waals surface area (Å²) in [5.41, 5.74) is 0.954. The lowest BCUT2D eigenvalue weighted by Gasteiger charge is -2.32. The van der Waals surface area contributed by atoms with Crippen LogP contribution in [0, 0.1) is 0 Å². The van der Waals surface area contributed by atoms with Gasteiger partial charge in [-0.1, -0.05) is 24.3 Å². The first-order valence-electron chi connectivity index (χ1n) is 7.22. The van der Waals surface area contributed by atoms with Crippen LogP contribution in [-0.4, -0.2) is 31.4 Å². The SMILES string of the molecule is COC(=O)C(C)c1ccccc1B1OC(C)(C)C(C)(C)O1. The Kier molecular flexibility index (Phi) is 4.18. The third-order valence-corrected chi connectivity index (χ3v) is 4.52. The van der Waals surface area contributed by atoms with E-state index in [1.54, 1.807) is 0 Å². The van der Waals surface area contributed by atoms with Gasteiger partial charge in [-0.2, -0.15) is 0 Å². The highest BCUT2D eigenvalue weighted by Crippen LogP contribution is 2.37. The molecule has 1 aliphatic rings. The lowest BCUT2D eigenvalue weighted by atomic mass is 9.73. The number of carbonyl (C=O) groups is 1. The van der Waals surface area contributed by atoms with E-state index in [1.807, 2.05) is 58.9 Å². The molecule has 0 aliphatic carbocycles. The highest BCUT2D eigenvalue weighted by atomic mass is 16.7. The molecule has 114 valence electrons. The molecule has 1 unspecified atom stereocenters. The molecular weight excluding hydrogens is 267 g/mol. The summed E-state index contributed by atoms with van der Waals surface area (Å²) in [4.78, 5) is 11.8. The van der Waals surface area contributed by atoms with Crippen molar-refractivity contribution < 1.29 is 18.8 Å². The average Bonchev–Trinajstić information content (AvgIpc) is 2.65. The van der Waals surface area contributed by atoms with Gasteiger partial charge in [0, 0.05) is 0 Å². The van der Waals surface area contributed by atoms with Crippen molar-refractivity contribution in [2.75, 3.05) is 7.11 Å². The number of benzene rings is 1. The summed E-state index contributed by atoms with van der Waals surface area (Å²) in [6.45, 7) is 9.88. The van der Waals surface area contributed by atoms with Gasteiger partial charge < -0.3 is 14.0 Å². The predicted octanol–water partition coefficient (Wildman–Crippen LogP) is 2.26. The van der Waals surface area contributed by atoms with E-state index in [0.29, 0.717) is 0 Å². The minimum Gasteiger partial charge on any atom is -0.469 e. The second kappa shape index (κ2) is 5.46. The van der Waals surface area contributed by atoms with Gasteiger partial charge >= 0.3 is 13.1 Å². The molecular formula is C16H23BO4. The van der Waals surface area contributed by atoms with Gasteiger partial charge in [0.15, 0.2) is 0 Å². The Bertz CT molecular complexity index is 523. The van der Waals surface area contributed by atoms with E-state index in [9.17, 15) is 4.79 Å². The third-order valence-electron chi connectivity index (χ3n) is 4.52. The molecule has 1 aliphatic heterocycles. The molecule has 1 heterocycles. The summed E-state index contributed by atoms with van der Waals surface area (Å²) in [5.74, 6) is -0.621. The number of ether oxygens (including phenoxy) is 1. The number of hydrogen-bond acceptors (Lipinski definition) is 4. The van der Waals surface area contributed by atoms with E-state index >= 15 is 0 Å². The van der Waals surface area contributed by atoms with Gasteiger partial charge in [0.1, 0.15) is 0 Å². The molecule has 0 radical (unpaired) electrons. The van der Waals surface area contributed by atoms with Crippen molar-refractivity contribution in [3.63, 3.8) is 0 Å². The van der Waals surface area contributed by atoms with Crippen LogP contribution in [0.5, 0.6) is 0 Å². The molecule has 0 saturated carbocycles. The fourth-order valence-electron chi connectivity index (χ4n) is 2.39. The van der Waals surface area contributed by atoms with Crippen LogP contribution in [0.15, 0.2) is 24.3 Å². The fourth-order valence-corrected chi connectivity index (χ4v) is 2.39. The largest absolute Gasteiger partial charge is 0.495 e. The molecule has 1 aromatic rings. The van der Waals surface area contributed by atoms with Gasteiger partial charge in [0.2, 0.25) is 0 Å². The number of esters is 1. The van der Waals surface area contributed by atoms with Crippen molar-refractivity contribution in [2.24, 2.45) is 0 Å². The molecule has 5 heteroatoms. The van der Waals surface area contributed by atoms with E-state index in [1.165, 1.54) is 7.11 Å². The third kappa shape index (κ3) is 2.85. The highest BCUT2D eigenvalue weighted by molar-refractivity contribution is 6.62. The average molecular weight is 290 g/mol. The molecule has 1 aromatic carbocycles. The van der Waals surface area contributed by atoms with Crippen molar-refractivity contribution in [3.8, 4) is 0 Å². The summed E-state index contributed by atoms with van der Waals surface area (Å²) < 4.78 is 17.0. The maximum Gasteiger partial charge on any atom is 0.495 e. The van der Waals surface area contributed by atoms with Crippen LogP contribution in [0.1, 0.15) is 46.1 Å². The normalized spacial score (nSPS) is 21.1. The van der Waals surface area contributed by atoms with Crippen LogP contribution in [0.3, 0.4) is 0 Å². The van der Waals surface area contributed by atoms with E-state index in [0.717, 1.165) is 11.0 Å². The lowest BCUT2D eigenvalue weighted by Crippen LogP contribution is -2.41. The second-order valence-electron chi connectivity index (χ2n) is 6.46. The topological polar surface area (TPSA) is 44.8 Å². The van der Waals surface area contributed by atoms with Crippen molar-refractivity contribution in [1.82, 2.24) is 0 Å². The Balaban J connectivity index is 2.36. The monoisotopic (exact) mass is 290 g/mol. The molecule has 0 amide bonds. The fraction of sp³-hybridized carbons (Fsp3) is 0.562. The molecule has 0 bridgehead atoms. The Labute approximate surface area is 126 Å². The summed E-state index contributed by atoms with van der Waals surface area (Å²) in [7, 11) is 0.925. The van der Waals surface area contributed by atoms with Gasteiger partial charge in [0.25, 0.3) is 0 Å². The molecule has 1 fully saturated rings. The van der Waals surface area contributed by atoms with Crippen LogP contribution in [0.2, 0.25) is 0 Å². The van der Waals surface area contributed by atoms with Crippen LogP contribution >= 0.6 is 0 Å². The summed E-state index contributed by atoms with van der Waals surface area (Å²) in [6, 6.07) is 7.69. The predicted molar refractivity (Wildman–Crippen MR) is 82.6 cm³/mol. The zero-order valence-corrected chi connectivity index (χ0v) is 13.6. The maximum atomic E-state index is 11.8. The number of hydrogen-bond donors (Lipinski definition) is 0. The minimum absolute atomic E-state index is 0.265. The zero-order chi connectivity index (χ0) is 15.8. The molecule has 0 spiro atoms. The van der Waals surface area contributed by atoms with E-state index in [-0.39, 0.29) is 11.9 Å². The van der Waals surface area contributed by atoms with Gasteiger partial charge in [-0.25, -0.2) is 0 Å². The molecule has 1 atom stereocenters. The Morgan fingerprint density at radius 1 is 1.14 bits per heavy atom. The highest BCUT2D eigenvalue weighted by Gasteiger charge is 2.52. The molecule has 2 rings (SSSR count). The van der Waals surface area contributed by atoms with Gasteiger partial charge in [0.05, 0.1) is 24.2 Å². The molecule has 1 saturated heterocycles. The molecule has 0 N–H and O–H groups in total. The standard InChI is InChI=1S/C16H23BO4/c1-11(14(18)19-6)12-9-7-8-10-13(12)17-20-15(2,3)16(4,5)21-17/h7-11H,1-6H3. The summed E-state index contributed by atoms with van der Waals surface area (Å²) >= 11 is 0. The van der Waals surface area contributed by atoms with Crippen molar-refractivity contribution >= 4 is 18.6 Å². The summed E-state index contributed by atoms with van der Waals surface area (Å²) in [6.07, 6.45) is 0. The van der Waals surface area contributed by atoms with Gasteiger partial charge in [-0.3, -0.25) is 4.79 Å². The number of methoxy groups -OCH3 is 1. The Morgan fingerprint density at radius 2 is 1.67 bits per heavy atom. The number of carbonyl (C=O) groups excluding carboxylic acids is 1. The summed E-state index contributed by atoms with van der Waals surface area (Å²) in [5, 5.41) is 0.